The number of thioether (sulfide) groups is 1. The van der Waals surface area contributed by atoms with E-state index in [1.165, 1.54) is 0 Å². The van der Waals surface area contributed by atoms with E-state index in [1.807, 2.05) is 54.3 Å². The number of likely N-dealkylation sites (tertiary alicyclic amines) is 1. The van der Waals surface area contributed by atoms with Crippen LogP contribution in [0.3, 0.4) is 0 Å². The fourth-order valence-corrected chi connectivity index (χ4v) is 8.30. The zero-order chi connectivity index (χ0) is 26.2. The van der Waals surface area contributed by atoms with Gasteiger partial charge >= 0.3 is 0 Å². The maximum Gasteiger partial charge on any atom is 0.251 e. The molecular formula is C28H35N3O5S. The molecule has 0 aliphatic carbocycles. The molecular weight excluding hydrogens is 490 g/mol. The lowest BCUT2D eigenvalue weighted by Crippen LogP contribution is -2.53. The van der Waals surface area contributed by atoms with E-state index in [1.54, 1.807) is 28.7 Å². The van der Waals surface area contributed by atoms with Crippen molar-refractivity contribution >= 4 is 35.2 Å². The molecule has 0 saturated carbocycles. The van der Waals surface area contributed by atoms with Crippen LogP contribution >= 0.6 is 11.8 Å². The molecule has 4 heterocycles. The molecule has 1 N–H and O–H groups in total. The van der Waals surface area contributed by atoms with Crippen LogP contribution in [0, 0.1) is 11.8 Å². The van der Waals surface area contributed by atoms with Gasteiger partial charge in [0.25, 0.3) is 5.91 Å². The lowest BCUT2D eigenvalue weighted by Gasteiger charge is -2.35. The van der Waals surface area contributed by atoms with E-state index in [4.69, 9.17) is 4.74 Å². The molecule has 37 heavy (non-hydrogen) atoms. The van der Waals surface area contributed by atoms with Gasteiger partial charge in [-0.3, -0.25) is 14.4 Å². The first kappa shape index (κ1) is 25.9. The number of rotatable bonds is 8. The third-order valence-electron chi connectivity index (χ3n) is 7.93. The monoisotopic (exact) mass is 525 g/mol. The van der Waals surface area contributed by atoms with Gasteiger partial charge in [-0.1, -0.05) is 31.2 Å². The number of fused-ring (bicyclic) bond motifs is 2. The molecule has 1 aromatic rings. The molecule has 198 valence electrons. The van der Waals surface area contributed by atoms with E-state index in [9.17, 15) is 19.5 Å². The maximum atomic E-state index is 14.3. The molecule has 0 radical (unpaired) electrons. The number of aliphatic hydroxyl groups is 1. The van der Waals surface area contributed by atoms with Gasteiger partial charge in [-0.05, 0) is 43.5 Å². The van der Waals surface area contributed by atoms with Gasteiger partial charge < -0.3 is 24.5 Å². The van der Waals surface area contributed by atoms with E-state index in [-0.39, 0.29) is 29.6 Å². The summed E-state index contributed by atoms with van der Waals surface area (Å²) in [6, 6.07) is 6.63. The second kappa shape index (κ2) is 10.5. The van der Waals surface area contributed by atoms with Crippen LogP contribution in [-0.4, -0.2) is 88.6 Å². The average molecular weight is 526 g/mol. The normalized spacial score (nSPS) is 30.8. The van der Waals surface area contributed by atoms with Gasteiger partial charge in [0.2, 0.25) is 11.8 Å². The highest BCUT2D eigenvalue weighted by atomic mass is 32.2. The Morgan fingerprint density at radius 2 is 1.81 bits per heavy atom. The molecule has 1 spiro atoms. The molecule has 2 fully saturated rings. The first-order valence-electron chi connectivity index (χ1n) is 13.1. The van der Waals surface area contributed by atoms with E-state index in [0.29, 0.717) is 44.8 Å². The predicted molar refractivity (Wildman–Crippen MR) is 143 cm³/mol. The smallest absolute Gasteiger partial charge is 0.251 e. The molecule has 5 rings (SSSR count). The van der Waals surface area contributed by atoms with Crippen LogP contribution in [0.5, 0.6) is 5.75 Å². The van der Waals surface area contributed by atoms with Gasteiger partial charge in [0.15, 0.2) is 0 Å². The van der Waals surface area contributed by atoms with Gasteiger partial charge in [-0.2, -0.15) is 0 Å². The first-order chi connectivity index (χ1) is 18.0. The quantitative estimate of drug-likeness (QED) is 0.414. The topological polar surface area (TPSA) is 90.4 Å². The van der Waals surface area contributed by atoms with Crippen molar-refractivity contribution in [2.45, 2.75) is 42.2 Å². The number of aliphatic hydroxyl groups excluding tert-OH is 1. The molecule has 0 bridgehead atoms. The fourth-order valence-electron chi connectivity index (χ4n) is 6.29. The molecule has 4 aliphatic heterocycles. The number of carbonyl (C=O) groups excluding carboxylic acids is 3. The summed E-state index contributed by atoms with van der Waals surface area (Å²) < 4.78 is 4.46. The number of amides is 3. The minimum Gasteiger partial charge on any atom is -0.497 e. The summed E-state index contributed by atoms with van der Waals surface area (Å²) in [7, 11) is 1.60. The fraction of sp³-hybridized carbons (Fsp3) is 0.536. The van der Waals surface area contributed by atoms with E-state index >= 15 is 0 Å². The summed E-state index contributed by atoms with van der Waals surface area (Å²) in [4.78, 5) is 47.5. The van der Waals surface area contributed by atoms with Crippen molar-refractivity contribution < 1.29 is 24.2 Å². The number of hydrogen-bond donors (Lipinski definition) is 1. The summed E-state index contributed by atoms with van der Waals surface area (Å²) in [6.07, 6.45) is 10.1. The van der Waals surface area contributed by atoms with Crippen LogP contribution in [0.15, 0.2) is 48.6 Å². The Balaban J connectivity index is 1.56. The molecule has 1 unspecified atom stereocenters. The SMILES string of the molecule is CCCN1CC=C[C@H]2S[C@]34C=CCN(c5ccc(OC)cc5)C(=O)C3N(CCCCO)C(=O)[C@@H]4[C@H]2C1=O. The third kappa shape index (κ3) is 4.26. The highest BCUT2D eigenvalue weighted by Gasteiger charge is 2.70. The van der Waals surface area contributed by atoms with Crippen LogP contribution in [0.25, 0.3) is 0 Å². The standard InChI is InChI=1S/C28H35N3O5S/c1-3-14-29-15-6-8-21-22(25(29)33)23-26(34)31(16-4-5-18-32)24-27(35)30(17-7-13-28(23,24)37-21)19-9-11-20(36-2)12-10-19/h6-13,21-24,32H,3-5,14-18H2,1-2H3/t21-,22+,23+,24?,28+/m1/s1. The van der Waals surface area contributed by atoms with Crippen molar-refractivity contribution in [3.8, 4) is 5.75 Å². The van der Waals surface area contributed by atoms with E-state index in [0.717, 1.165) is 12.1 Å². The Kier molecular flexibility index (Phi) is 7.36. The second-order valence-corrected chi connectivity index (χ2v) is 11.6. The van der Waals surface area contributed by atoms with Crippen molar-refractivity contribution in [2.24, 2.45) is 11.8 Å². The molecule has 4 aliphatic rings. The lowest BCUT2D eigenvalue weighted by molar-refractivity contribution is -0.142. The van der Waals surface area contributed by atoms with Gasteiger partial charge in [0, 0.05) is 43.7 Å². The van der Waals surface area contributed by atoms with Crippen LogP contribution < -0.4 is 9.64 Å². The number of anilines is 1. The molecule has 1 aromatic carbocycles. The summed E-state index contributed by atoms with van der Waals surface area (Å²) in [5.41, 5.74) is 0.737. The van der Waals surface area contributed by atoms with Crippen LogP contribution in [0.1, 0.15) is 26.2 Å². The summed E-state index contributed by atoms with van der Waals surface area (Å²) in [6.45, 7) is 4.04. The largest absolute Gasteiger partial charge is 0.497 e. The predicted octanol–water partition coefficient (Wildman–Crippen LogP) is 2.48. The molecule has 8 nitrogen and oxygen atoms in total. The zero-order valence-electron chi connectivity index (χ0n) is 21.4. The minimum absolute atomic E-state index is 0.00707. The van der Waals surface area contributed by atoms with Crippen LogP contribution in [-0.2, 0) is 14.4 Å². The summed E-state index contributed by atoms with van der Waals surface area (Å²) in [5, 5.41) is 9.21. The number of carbonyl (C=O) groups is 3. The molecule has 2 saturated heterocycles. The van der Waals surface area contributed by atoms with Crippen molar-refractivity contribution in [2.75, 3.05) is 44.8 Å². The summed E-state index contributed by atoms with van der Waals surface area (Å²) >= 11 is 1.60. The summed E-state index contributed by atoms with van der Waals surface area (Å²) in [5.74, 6) is -0.662. The highest BCUT2D eigenvalue weighted by molar-refractivity contribution is 8.02. The number of unbranched alkanes of at least 4 members (excludes halogenated alkanes) is 1. The zero-order valence-corrected chi connectivity index (χ0v) is 22.2. The van der Waals surface area contributed by atoms with E-state index in [2.05, 4.69) is 6.08 Å². The van der Waals surface area contributed by atoms with Crippen LogP contribution in [0.4, 0.5) is 5.69 Å². The number of methoxy groups -OCH3 is 1. The second-order valence-electron chi connectivity index (χ2n) is 10.1. The van der Waals surface area contributed by atoms with Gasteiger partial charge in [0.05, 0.1) is 23.7 Å². The average Bonchev–Trinajstić information content (AvgIpc) is 3.21. The molecule has 5 atom stereocenters. The van der Waals surface area contributed by atoms with Crippen LogP contribution in [0.2, 0.25) is 0 Å². The lowest BCUT2D eigenvalue weighted by atomic mass is 9.78. The van der Waals surface area contributed by atoms with Crippen molar-refractivity contribution in [3.05, 3.63) is 48.6 Å². The highest BCUT2D eigenvalue weighted by Crippen LogP contribution is 2.61. The molecule has 9 heteroatoms. The third-order valence-corrected chi connectivity index (χ3v) is 9.67. The number of ether oxygens (including phenoxy) is 1. The minimum atomic E-state index is -0.820. The van der Waals surface area contributed by atoms with Crippen molar-refractivity contribution in [3.63, 3.8) is 0 Å². The Labute approximate surface area is 222 Å². The van der Waals surface area contributed by atoms with Gasteiger partial charge in [0.1, 0.15) is 11.8 Å². The Hall–Kier alpha value is -2.78. The van der Waals surface area contributed by atoms with E-state index < -0.39 is 22.6 Å². The maximum absolute atomic E-state index is 14.3. The Bertz CT molecular complexity index is 1110. The number of hydrogen-bond acceptors (Lipinski definition) is 6. The van der Waals surface area contributed by atoms with Gasteiger partial charge in [-0.25, -0.2) is 0 Å². The van der Waals surface area contributed by atoms with Crippen molar-refractivity contribution in [1.82, 2.24) is 9.80 Å². The Morgan fingerprint density at radius 3 is 2.51 bits per heavy atom. The Morgan fingerprint density at radius 1 is 1.03 bits per heavy atom. The van der Waals surface area contributed by atoms with Gasteiger partial charge in [-0.15, -0.1) is 11.8 Å². The number of nitrogens with zero attached hydrogens (tertiary/aromatic N) is 3. The van der Waals surface area contributed by atoms with Crippen molar-refractivity contribution in [1.29, 1.82) is 0 Å². The number of benzene rings is 1. The molecule has 3 amide bonds. The molecule has 0 aromatic heterocycles. The first-order valence-corrected chi connectivity index (χ1v) is 14.0.